The molecule has 0 radical (unpaired) electrons. The lowest BCUT2D eigenvalue weighted by Gasteiger charge is -2.19. The summed E-state index contributed by atoms with van der Waals surface area (Å²) >= 11 is 0. The predicted octanol–water partition coefficient (Wildman–Crippen LogP) is 2.33. The molecule has 0 aliphatic rings. The van der Waals surface area contributed by atoms with Crippen LogP contribution in [0.2, 0.25) is 0 Å². The monoisotopic (exact) mass is 524 g/mol. The first-order chi connectivity index (χ1) is 14.1. The number of fused-ring (bicyclic) bond motifs is 1. The molecular weight excluding hydrogens is 495 g/mol. The zero-order chi connectivity index (χ0) is 20.6. The highest BCUT2D eigenvalue weighted by atomic mass is 127. The molecule has 0 aliphatic carbocycles. The van der Waals surface area contributed by atoms with Crippen LogP contribution >= 0.6 is 24.0 Å². The van der Waals surface area contributed by atoms with Gasteiger partial charge in [-0.1, -0.05) is 18.2 Å². The van der Waals surface area contributed by atoms with Crippen molar-refractivity contribution in [3.8, 4) is 5.75 Å². The highest BCUT2D eigenvalue weighted by Gasteiger charge is 2.08. The molecule has 2 heterocycles. The molecule has 0 aliphatic heterocycles. The van der Waals surface area contributed by atoms with Gasteiger partial charge in [0.1, 0.15) is 24.0 Å². The van der Waals surface area contributed by atoms with Crippen molar-refractivity contribution in [1.82, 2.24) is 30.4 Å². The fourth-order valence-corrected chi connectivity index (χ4v) is 2.87. The minimum atomic E-state index is 0. The number of aliphatic imine (C=N–C) groups is 1. The van der Waals surface area contributed by atoms with Gasteiger partial charge < -0.3 is 20.7 Å². The van der Waals surface area contributed by atoms with Crippen molar-refractivity contribution < 1.29 is 4.74 Å². The van der Waals surface area contributed by atoms with Gasteiger partial charge in [0.15, 0.2) is 11.6 Å². The van der Waals surface area contributed by atoms with Crippen LogP contribution in [0.5, 0.6) is 5.75 Å². The summed E-state index contributed by atoms with van der Waals surface area (Å²) in [6, 6.07) is 8.01. The van der Waals surface area contributed by atoms with Gasteiger partial charge in [0.05, 0.1) is 18.1 Å². The van der Waals surface area contributed by atoms with E-state index in [1.165, 1.54) is 6.33 Å². The molecule has 0 saturated carbocycles. The fraction of sp³-hybridized carbons (Fsp3) is 0.400. The lowest BCUT2D eigenvalue weighted by molar-refractivity contribution is 0.222. The van der Waals surface area contributed by atoms with Crippen LogP contribution in [-0.4, -0.2) is 58.5 Å². The minimum absolute atomic E-state index is 0. The Morgan fingerprint density at radius 2 is 2.00 bits per heavy atom. The number of guanidine groups is 1. The van der Waals surface area contributed by atoms with E-state index < -0.39 is 0 Å². The summed E-state index contributed by atoms with van der Waals surface area (Å²) in [7, 11) is 3.61. The molecule has 1 aromatic carbocycles. The molecule has 0 saturated heterocycles. The van der Waals surface area contributed by atoms with E-state index in [0.717, 1.165) is 34.1 Å². The third-order valence-corrected chi connectivity index (χ3v) is 4.44. The normalized spacial score (nSPS) is 12.2. The molecule has 1 unspecified atom stereocenters. The van der Waals surface area contributed by atoms with Crippen LogP contribution in [0.3, 0.4) is 0 Å². The Balaban J connectivity index is 0.00000320. The van der Waals surface area contributed by atoms with E-state index in [9.17, 15) is 0 Å². The van der Waals surface area contributed by atoms with Gasteiger partial charge in [-0.2, -0.15) is 5.10 Å². The summed E-state index contributed by atoms with van der Waals surface area (Å²) in [6.45, 7) is 6.07. The summed E-state index contributed by atoms with van der Waals surface area (Å²) in [5, 5.41) is 15.0. The number of halogens is 1. The smallest absolute Gasteiger partial charge is 0.191 e. The Hall–Kier alpha value is -2.63. The Bertz CT molecular complexity index is 974. The first-order valence-corrected chi connectivity index (χ1v) is 9.62. The van der Waals surface area contributed by atoms with E-state index in [1.807, 2.05) is 45.2 Å². The van der Waals surface area contributed by atoms with Crippen LogP contribution in [0.1, 0.15) is 12.5 Å². The molecule has 0 fully saturated rings. The van der Waals surface area contributed by atoms with Gasteiger partial charge in [-0.25, -0.2) is 9.97 Å². The molecular formula is C20H29IN8O. The number of hydrogen-bond donors (Lipinski definition) is 3. The second-order valence-electron chi connectivity index (χ2n) is 6.73. The number of nitrogens with zero attached hydrogens (tertiary/aromatic N) is 5. The summed E-state index contributed by atoms with van der Waals surface area (Å²) in [4.78, 5) is 12.8. The first kappa shape index (κ1) is 23.6. The molecule has 3 N–H and O–H groups in total. The van der Waals surface area contributed by atoms with Gasteiger partial charge in [-0.05, 0) is 25.5 Å². The van der Waals surface area contributed by atoms with Gasteiger partial charge in [-0.3, -0.25) is 9.67 Å². The quantitative estimate of drug-likeness (QED) is 0.180. The average molecular weight is 524 g/mol. The van der Waals surface area contributed by atoms with Crippen LogP contribution in [0, 0.1) is 6.92 Å². The first-order valence-electron chi connectivity index (χ1n) is 9.62. The third kappa shape index (κ3) is 6.18. The molecule has 0 bridgehead atoms. The molecule has 10 heteroatoms. The molecule has 1 atom stereocenters. The zero-order valence-electron chi connectivity index (χ0n) is 17.7. The third-order valence-electron chi connectivity index (χ3n) is 4.44. The molecule has 3 rings (SSSR count). The summed E-state index contributed by atoms with van der Waals surface area (Å²) < 4.78 is 7.72. The standard InChI is InChI=1S/C20H28N8O.HI/c1-14-7-5-6-8-17(14)29-15(2)11-24-20(21-3)23-10-9-22-18-16-12-27-28(4)19(16)26-13-25-18;/h5-8,12-13,15H,9-11H2,1-4H3,(H2,21,23,24)(H,22,25,26);1H. The van der Waals surface area contributed by atoms with Crippen molar-refractivity contribution in [2.75, 3.05) is 32.0 Å². The van der Waals surface area contributed by atoms with Crippen molar-refractivity contribution in [1.29, 1.82) is 0 Å². The number of hydrogen-bond acceptors (Lipinski definition) is 6. The fourth-order valence-electron chi connectivity index (χ4n) is 2.87. The molecule has 2 aromatic heterocycles. The van der Waals surface area contributed by atoms with Crippen LogP contribution in [0.15, 0.2) is 41.8 Å². The number of aromatic nitrogens is 4. The highest BCUT2D eigenvalue weighted by molar-refractivity contribution is 14.0. The van der Waals surface area contributed by atoms with Gasteiger partial charge >= 0.3 is 0 Å². The molecule has 0 spiro atoms. The van der Waals surface area contributed by atoms with Crippen LogP contribution < -0.4 is 20.7 Å². The van der Waals surface area contributed by atoms with Crippen molar-refractivity contribution in [3.05, 3.63) is 42.4 Å². The average Bonchev–Trinajstić information content (AvgIpc) is 3.11. The van der Waals surface area contributed by atoms with E-state index in [-0.39, 0.29) is 30.1 Å². The maximum absolute atomic E-state index is 5.99. The summed E-state index contributed by atoms with van der Waals surface area (Å²) in [6.07, 6.45) is 3.31. The van der Waals surface area contributed by atoms with Crippen LogP contribution in [0.4, 0.5) is 5.82 Å². The second kappa shape index (κ2) is 11.5. The maximum Gasteiger partial charge on any atom is 0.191 e. The second-order valence-corrected chi connectivity index (χ2v) is 6.73. The van der Waals surface area contributed by atoms with Gasteiger partial charge in [0, 0.05) is 27.2 Å². The number of rotatable bonds is 8. The summed E-state index contributed by atoms with van der Waals surface area (Å²) in [5.74, 6) is 2.40. The Morgan fingerprint density at radius 1 is 1.20 bits per heavy atom. The van der Waals surface area contributed by atoms with Crippen molar-refractivity contribution in [2.24, 2.45) is 12.0 Å². The van der Waals surface area contributed by atoms with E-state index in [4.69, 9.17) is 4.74 Å². The van der Waals surface area contributed by atoms with E-state index >= 15 is 0 Å². The SMILES string of the molecule is CN=C(NCCNc1ncnc2c1cnn2C)NCC(C)Oc1ccccc1C.I. The lowest BCUT2D eigenvalue weighted by atomic mass is 10.2. The van der Waals surface area contributed by atoms with Gasteiger partial charge in [0.2, 0.25) is 0 Å². The summed E-state index contributed by atoms with van der Waals surface area (Å²) in [5.41, 5.74) is 1.93. The molecule has 9 nitrogen and oxygen atoms in total. The topological polar surface area (TPSA) is 101 Å². The number of aryl methyl sites for hydroxylation is 2. The zero-order valence-corrected chi connectivity index (χ0v) is 20.0. The number of ether oxygens (including phenoxy) is 1. The Labute approximate surface area is 193 Å². The largest absolute Gasteiger partial charge is 0.489 e. The number of nitrogens with one attached hydrogen (secondary N) is 3. The number of benzene rings is 1. The maximum atomic E-state index is 5.99. The Morgan fingerprint density at radius 3 is 2.77 bits per heavy atom. The van der Waals surface area contributed by atoms with Gasteiger partial charge in [0.25, 0.3) is 0 Å². The van der Waals surface area contributed by atoms with Crippen molar-refractivity contribution >= 4 is 46.8 Å². The van der Waals surface area contributed by atoms with Crippen molar-refractivity contribution in [3.63, 3.8) is 0 Å². The predicted molar refractivity (Wildman–Crippen MR) is 131 cm³/mol. The lowest BCUT2D eigenvalue weighted by Crippen LogP contribution is -2.43. The number of para-hydroxylation sites is 1. The highest BCUT2D eigenvalue weighted by Crippen LogP contribution is 2.18. The number of anilines is 1. The molecule has 162 valence electrons. The van der Waals surface area contributed by atoms with Gasteiger partial charge in [-0.15, -0.1) is 24.0 Å². The molecule has 30 heavy (non-hydrogen) atoms. The van der Waals surface area contributed by atoms with E-state index in [0.29, 0.717) is 19.6 Å². The van der Waals surface area contributed by atoms with Crippen LogP contribution in [0.25, 0.3) is 11.0 Å². The molecule has 0 amide bonds. The van der Waals surface area contributed by atoms with E-state index in [1.54, 1.807) is 17.9 Å². The van der Waals surface area contributed by atoms with E-state index in [2.05, 4.69) is 36.0 Å². The van der Waals surface area contributed by atoms with Crippen molar-refractivity contribution in [2.45, 2.75) is 20.0 Å². The molecule has 3 aromatic rings. The Kier molecular flexibility index (Phi) is 9.09. The van der Waals surface area contributed by atoms with Crippen LogP contribution in [-0.2, 0) is 7.05 Å². The minimum Gasteiger partial charge on any atom is -0.489 e.